The minimum atomic E-state index is -0.621. The van der Waals surface area contributed by atoms with Crippen molar-refractivity contribution in [3.8, 4) is 5.75 Å². The van der Waals surface area contributed by atoms with Gasteiger partial charge in [-0.2, -0.15) is 0 Å². The molecule has 0 aromatic heterocycles. The molecule has 1 aromatic carbocycles. The predicted molar refractivity (Wildman–Crippen MR) is 93.0 cm³/mol. The zero-order valence-electron chi connectivity index (χ0n) is 14.5. The average molecular weight is 332 g/mol. The summed E-state index contributed by atoms with van der Waals surface area (Å²) in [5, 5.41) is 13.6. The second-order valence-electron chi connectivity index (χ2n) is 7.09. The predicted octanol–water partition coefficient (Wildman–Crippen LogP) is 1.86. The molecule has 0 saturated heterocycles. The summed E-state index contributed by atoms with van der Waals surface area (Å²) in [7, 11) is 1.67. The van der Waals surface area contributed by atoms with Crippen LogP contribution in [-0.4, -0.2) is 48.3 Å². The number of ether oxygens (including phenoxy) is 1. The molecule has 5 heteroatoms. The highest BCUT2D eigenvalue weighted by Gasteiger charge is 2.29. The smallest absolute Gasteiger partial charge is 0.236 e. The van der Waals surface area contributed by atoms with Crippen LogP contribution in [0.2, 0.25) is 0 Å². The summed E-state index contributed by atoms with van der Waals surface area (Å²) in [6.45, 7) is 2.21. The summed E-state index contributed by atoms with van der Waals surface area (Å²) in [5.41, 5.74) is 1.84. The second kappa shape index (κ2) is 7.53. The van der Waals surface area contributed by atoms with Crippen LogP contribution in [0.1, 0.15) is 43.2 Å². The number of nitrogens with zero attached hydrogens (tertiary/aromatic N) is 1. The summed E-state index contributed by atoms with van der Waals surface area (Å²) in [5.74, 6) is 0.979. The highest BCUT2D eigenvalue weighted by molar-refractivity contribution is 5.78. The largest absolute Gasteiger partial charge is 0.497 e. The van der Waals surface area contributed by atoms with E-state index in [9.17, 15) is 9.90 Å². The minimum Gasteiger partial charge on any atom is -0.497 e. The number of hydrogen-bond acceptors (Lipinski definition) is 4. The number of fused-ring (bicyclic) bond motifs is 1. The molecule has 0 bridgehead atoms. The molecule has 0 unspecified atom stereocenters. The van der Waals surface area contributed by atoms with Gasteiger partial charge < -0.3 is 20.1 Å². The lowest BCUT2D eigenvalue weighted by Crippen LogP contribution is -2.47. The number of hydrogen-bond donors (Lipinski definition) is 2. The molecule has 1 fully saturated rings. The van der Waals surface area contributed by atoms with Gasteiger partial charge in [-0.05, 0) is 42.5 Å². The van der Waals surface area contributed by atoms with E-state index in [1.165, 1.54) is 17.5 Å². The Labute approximate surface area is 144 Å². The maximum absolute atomic E-state index is 12.4. The Morgan fingerprint density at radius 1 is 1.29 bits per heavy atom. The van der Waals surface area contributed by atoms with E-state index in [0.717, 1.165) is 44.4 Å². The van der Waals surface area contributed by atoms with Crippen molar-refractivity contribution in [3.05, 3.63) is 29.3 Å². The maximum Gasteiger partial charge on any atom is 0.236 e. The van der Waals surface area contributed by atoms with Crippen molar-refractivity contribution in [1.82, 2.24) is 10.2 Å². The molecule has 5 nitrogen and oxygen atoms in total. The van der Waals surface area contributed by atoms with Crippen LogP contribution in [0.5, 0.6) is 5.75 Å². The molecule has 3 rings (SSSR count). The number of methoxy groups -OCH3 is 1. The van der Waals surface area contributed by atoms with Crippen molar-refractivity contribution in [3.63, 3.8) is 0 Å². The van der Waals surface area contributed by atoms with E-state index >= 15 is 0 Å². The number of carbonyl (C=O) groups excluding carboxylic acids is 1. The van der Waals surface area contributed by atoms with E-state index in [0.29, 0.717) is 19.6 Å². The van der Waals surface area contributed by atoms with Crippen LogP contribution in [0, 0.1) is 0 Å². The van der Waals surface area contributed by atoms with Crippen LogP contribution in [0.3, 0.4) is 0 Å². The van der Waals surface area contributed by atoms with Gasteiger partial charge in [0.15, 0.2) is 0 Å². The van der Waals surface area contributed by atoms with Gasteiger partial charge in [-0.15, -0.1) is 0 Å². The van der Waals surface area contributed by atoms with E-state index < -0.39 is 5.60 Å². The first kappa shape index (κ1) is 17.2. The molecular weight excluding hydrogens is 304 g/mol. The van der Waals surface area contributed by atoms with E-state index in [2.05, 4.69) is 11.4 Å². The summed E-state index contributed by atoms with van der Waals surface area (Å²) in [6, 6.07) is 6.06. The van der Waals surface area contributed by atoms with Crippen molar-refractivity contribution in [2.75, 3.05) is 26.7 Å². The Kier molecular flexibility index (Phi) is 5.41. The second-order valence-corrected chi connectivity index (χ2v) is 7.09. The monoisotopic (exact) mass is 332 g/mol. The van der Waals surface area contributed by atoms with Gasteiger partial charge in [0.05, 0.1) is 19.3 Å². The lowest BCUT2D eigenvalue weighted by atomic mass is 9.85. The van der Waals surface area contributed by atoms with Gasteiger partial charge in [-0.25, -0.2) is 0 Å². The lowest BCUT2D eigenvalue weighted by Gasteiger charge is -2.33. The van der Waals surface area contributed by atoms with Crippen LogP contribution >= 0.6 is 0 Å². The first-order chi connectivity index (χ1) is 11.6. The van der Waals surface area contributed by atoms with Crippen LogP contribution in [0.15, 0.2) is 18.2 Å². The molecule has 2 aliphatic rings. The molecule has 0 atom stereocenters. The first-order valence-electron chi connectivity index (χ1n) is 8.96. The number of benzene rings is 1. The average Bonchev–Trinajstić information content (AvgIpc) is 2.61. The fraction of sp³-hybridized carbons (Fsp3) is 0.632. The normalized spacial score (nSPS) is 19.7. The highest BCUT2D eigenvalue weighted by atomic mass is 16.5. The fourth-order valence-corrected chi connectivity index (χ4v) is 3.77. The first-order valence-corrected chi connectivity index (χ1v) is 8.96. The zero-order chi connectivity index (χ0) is 17.0. The third-order valence-electron chi connectivity index (χ3n) is 5.29. The van der Waals surface area contributed by atoms with Crippen LogP contribution < -0.4 is 10.1 Å². The Hall–Kier alpha value is -1.59. The van der Waals surface area contributed by atoms with Crippen molar-refractivity contribution < 1.29 is 14.6 Å². The van der Waals surface area contributed by atoms with Gasteiger partial charge in [0.2, 0.25) is 5.91 Å². The number of rotatable bonds is 5. The van der Waals surface area contributed by atoms with Crippen LogP contribution in [0.25, 0.3) is 0 Å². The molecule has 0 spiro atoms. The zero-order valence-corrected chi connectivity index (χ0v) is 14.5. The van der Waals surface area contributed by atoms with Gasteiger partial charge in [-0.1, -0.05) is 25.3 Å². The van der Waals surface area contributed by atoms with Crippen molar-refractivity contribution in [2.45, 2.75) is 50.7 Å². The maximum atomic E-state index is 12.4. The molecule has 1 heterocycles. The molecule has 0 radical (unpaired) electrons. The van der Waals surface area contributed by atoms with E-state index in [1.807, 2.05) is 17.0 Å². The standard InChI is InChI=1S/C19H28N2O3/c1-24-17-6-5-16-13-21(10-7-15(16)11-17)18(22)12-20-14-19(23)8-3-2-4-9-19/h5-6,11,20,23H,2-4,7-10,12-14H2,1H3. The van der Waals surface area contributed by atoms with Crippen LogP contribution in [0.4, 0.5) is 0 Å². The molecule has 1 aromatic rings. The van der Waals surface area contributed by atoms with E-state index in [-0.39, 0.29) is 5.91 Å². The molecule has 1 amide bonds. The van der Waals surface area contributed by atoms with Gasteiger partial charge >= 0.3 is 0 Å². The van der Waals surface area contributed by atoms with Gasteiger partial charge in [-0.3, -0.25) is 4.79 Å². The fourth-order valence-electron chi connectivity index (χ4n) is 3.77. The Balaban J connectivity index is 1.49. The van der Waals surface area contributed by atoms with Crippen molar-refractivity contribution >= 4 is 5.91 Å². The van der Waals surface area contributed by atoms with Gasteiger partial charge in [0.1, 0.15) is 5.75 Å². The van der Waals surface area contributed by atoms with E-state index in [1.54, 1.807) is 7.11 Å². The Morgan fingerprint density at radius 2 is 2.08 bits per heavy atom. The minimum absolute atomic E-state index is 0.107. The molecule has 1 aliphatic heterocycles. The Bertz CT molecular complexity index is 582. The quantitative estimate of drug-likeness (QED) is 0.864. The summed E-state index contributed by atoms with van der Waals surface area (Å²) in [4.78, 5) is 14.3. The molecule has 132 valence electrons. The molecule has 24 heavy (non-hydrogen) atoms. The van der Waals surface area contributed by atoms with Crippen molar-refractivity contribution in [1.29, 1.82) is 0 Å². The van der Waals surface area contributed by atoms with Gasteiger partial charge in [0, 0.05) is 19.6 Å². The van der Waals surface area contributed by atoms with Gasteiger partial charge in [0.25, 0.3) is 0 Å². The Morgan fingerprint density at radius 3 is 2.83 bits per heavy atom. The highest BCUT2D eigenvalue weighted by Crippen LogP contribution is 2.27. The number of nitrogens with one attached hydrogen (secondary N) is 1. The van der Waals surface area contributed by atoms with Crippen molar-refractivity contribution in [2.24, 2.45) is 0 Å². The number of aliphatic hydroxyl groups is 1. The number of carbonyl (C=O) groups is 1. The summed E-state index contributed by atoms with van der Waals surface area (Å²) < 4.78 is 5.26. The molecule has 2 N–H and O–H groups in total. The number of amides is 1. The third kappa shape index (κ3) is 4.08. The molecule has 1 aliphatic carbocycles. The van der Waals surface area contributed by atoms with Crippen LogP contribution in [-0.2, 0) is 17.8 Å². The summed E-state index contributed by atoms with van der Waals surface area (Å²) >= 11 is 0. The lowest BCUT2D eigenvalue weighted by molar-refractivity contribution is -0.131. The summed E-state index contributed by atoms with van der Waals surface area (Å²) in [6.07, 6.45) is 5.92. The van der Waals surface area contributed by atoms with E-state index in [4.69, 9.17) is 4.74 Å². The molecule has 1 saturated carbocycles. The molecular formula is C19H28N2O3. The third-order valence-corrected chi connectivity index (χ3v) is 5.29. The topological polar surface area (TPSA) is 61.8 Å². The SMILES string of the molecule is COc1ccc2c(c1)CCN(C(=O)CNCC1(O)CCCCC1)C2.